The molecule has 2 atom stereocenters. The Labute approximate surface area is 237 Å². The molecule has 1 aromatic heterocycles. The zero-order valence-electron chi connectivity index (χ0n) is 23.6. The third kappa shape index (κ3) is 7.26. The van der Waals surface area contributed by atoms with Crippen LogP contribution in [0, 0.1) is 22.9 Å². The van der Waals surface area contributed by atoms with E-state index in [1.54, 1.807) is 20.6 Å². The number of alkyl halides is 1. The van der Waals surface area contributed by atoms with Crippen LogP contribution >= 0.6 is 0 Å². The number of carbonyl (C=O) groups excluding carboxylic acids is 1. The van der Waals surface area contributed by atoms with Gasteiger partial charge in [0.05, 0.1) is 24.9 Å². The first-order valence-electron chi connectivity index (χ1n) is 13.7. The van der Waals surface area contributed by atoms with Crippen LogP contribution in [0.2, 0.25) is 0 Å². The van der Waals surface area contributed by atoms with Crippen LogP contribution in [0.25, 0.3) is 11.3 Å². The van der Waals surface area contributed by atoms with Crippen LogP contribution in [0.5, 0.6) is 0 Å². The summed E-state index contributed by atoms with van der Waals surface area (Å²) >= 11 is 0. The highest BCUT2D eigenvalue weighted by molar-refractivity contribution is 5.75. The largest absolute Gasteiger partial charge is 0.378 e. The standard InChI is InChI=1S/C30H37F4N5O2/c1-30(2,3)27(39(10-9-22(35)17-31)29(40)37-11-13-41-14-12-37)28-36-25(23-15-21(32)16-24(33)26(23)34)19-38(28)18-20-7-5-4-6-8-20/h4-8,15-16,19,22,27H,9-14,17-18,35H2,1-3H3/t22-,27-/m0/s1. The van der Waals surface area contributed by atoms with Gasteiger partial charge in [0.15, 0.2) is 11.6 Å². The van der Waals surface area contributed by atoms with Crippen LogP contribution in [0.3, 0.4) is 0 Å². The van der Waals surface area contributed by atoms with Crippen molar-refractivity contribution < 1.29 is 27.1 Å². The van der Waals surface area contributed by atoms with Crippen LogP contribution in [0.4, 0.5) is 22.4 Å². The van der Waals surface area contributed by atoms with E-state index in [1.165, 1.54) is 0 Å². The molecule has 0 aliphatic carbocycles. The molecule has 1 aliphatic rings. The number of imidazole rings is 1. The van der Waals surface area contributed by atoms with E-state index in [0.717, 1.165) is 11.6 Å². The van der Waals surface area contributed by atoms with Crippen molar-refractivity contribution in [2.24, 2.45) is 11.1 Å². The number of hydrogen-bond acceptors (Lipinski definition) is 4. The van der Waals surface area contributed by atoms with Gasteiger partial charge in [-0.25, -0.2) is 27.3 Å². The highest BCUT2D eigenvalue weighted by Crippen LogP contribution is 2.40. The van der Waals surface area contributed by atoms with Gasteiger partial charge in [-0.1, -0.05) is 51.1 Å². The summed E-state index contributed by atoms with van der Waals surface area (Å²) in [5.41, 5.74) is 5.91. The molecule has 0 bridgehead atoms. The molecule has 4 rings (SSSR count). The van der Waals surface area contributed by atoms with E-state index < -0.39 is 41.6 Å². The normalized spacial score (nSPS) is 15.6. The number of carbonyl (C=O) groups is 1. The summed E-state index contributed by atoms with van der Waals surface area (Å²) in [7, 11) is 0. The SMILES string of the molecule is CC(C)(C)[C@H](c1nc(-c2cc(F)cc(F)c2F)cn1Cc1ccccc1)N(CC[C@H](N)CF)C(=O)N1CCOCC1. The van der Waals surface area contributed by atoms with E-state index >= 15 is 0 Å². The molecule has 1 saturated heterocycles. The second-order valence-electron chi connectivity index (χ2n) is 11.4. The van der Waals surface area contributed by atoms with E-state index in [0.29, 0.717) is 44.7 Å². The van der Waals surface area contributed by atoms with E-state index in [9.17, 15) is 22.4 Å². The molecule has 0 unspecified atom stereocenters. The number of nitrogens with zero attached hydrogens (tertiary/aromatic N) is 4. The molecule has 1 fully saturated rings. The number of urea groups is 1. The summed E-state index contributed by atoms with van der Waals surface area (Å²) < 4.78 is 63.9. The molecule has 0 saturated carbocycles. The van der Waals surface area contributed by atoms with Crippen LogP contribution in [-0.2, 0) is 11.3 Å². The summed E-state index contributed by atoms with van der Waals surface area (Å²) in [5.74, 6) is -3.08. The molecule has 7 nitrogen and oxygen atoms in total. The Morgan fingerprint density at radius 2 is 1.80 bits per heavy atom. The number of ether oxygens (including phenoxy) is 1. The Morgan fingerprint density at radius 3 is 2.44 bits per heavy atom. The zero-order valence-corrected chi connectivity index (χ0v) is 23.6. The molecule has 0 radical (unpaired) electrons. The van der Waals surface area contributed by atoms with Crippen LogP contribution in [-0.4, -0.2) is 70.9 Å². The summed E-state index contributed by atoms with van der Waals surface area (Å²) in [6.45, 7) is 7.08. The minimum Gasteiger partial charge on any atom is -0.378 e. The van der Waals surface area contributed by atoms with Gasteiger partial charge >= 0.3 is 6.03 Å². The second-order valence-corrected chi connectivity index (χ2v) is 11.4. The quantitative estimate of drug-likeness (QED) is 0.268. The number of benzene rings is 2. The van der Waals surface area contributed by atoms with Crippen molar-refractivity contribution in [1.29, 1.82) is 0 Å². The minimum absolute atomic E-state index is 0.0281. The number of morpholine rings is 1. The number of aromatic nitrogens is 2. The number of nitrogens with two attached hydrogens (primary N) is 1. The zero-order chi connectivity index (χ0) is 29.7. The van der Waals surface area contributed by atoms with Crippen LogP contribution in [0.1, 0.15) is 44.6 Å². The third-order valence-corrected chi connectivity index (χ3v) is 7.11. The Bertz CT molecular complexity index is 1320. The van der Waals surface area contributed by atoms with Gasteiger partial charge < -0.3 is 24.8 Å². The van der Waals surface area contributed by atoms with Gasteiger partial charge in [-0.2, -0.15) is 0 Å². The molecular weight excluding hydrogens is 538 g/mol. The van der Waals surface area contributed by atoms with Crippen LogP contribution < -0.4 is 5.73 Å². The van der Waals surface area contributed by atoms with Gasteiger partial charge in [-0.15, -0.1) is 0 Å². The predicted molar refractivity (Wildman–Crippen MR) is 148 cm³/mol. The fraction of sp³-hybridized carbons (Fsp3) is 0.467. The van der Waals surface area contributed by atoms with Crippen molar-refractivity contribution >= 4 is 6.03 Å². The monoisotopic (exact) mass is 575 g/mol. The molecule has 222 valence electrons. The maximum Gasteiger partial charge on any atom is 0.320 e. The minimum atomic E-state index is -1.32. The molecule has 2 aromatic carbocycles. The fourth-order valence-electron chi connectivity index (χ4n) is 5.08. The number of amides is 2. The Kier molecular flexibility index (Phi) is 9.70. The van der Waals surface area contributed by atoms with Crippen molar-refractivity contribution in [3.63, 3.8) is 0 Å². The van der Waals surface area contributed by atoms with Crippen molar-refractivity contribution in [2.45, 2.75) is 45.8 Å². The Hall–Kier alpha value is -3.44. The summed E-state index contributed by atoms with van der Waals surface area (Å²) in [6, 6.07) is 9.11. The van der Waals surface area contributed by atoms with Gasteiger partial charge in [0, 0.05) is 50.0 Å². The first kappa shape index (κ1) is 30.5. The topological polar surface area (TPSA) is 76.6 Å². The molecule has 1 aliphatic heterocycles. The highest BCUT2D eigenvalue weighted by atomic mass is 19.2. The van der Waals surface area contributed by atoms with Gasteiger partial charge in [0.25, 0.3) is 0 Å². The van der Waals surface area contributed by atoms with Gasteiger partial charge in [-0.05, 0) is 23.5 Å². The molecule has 2 amide bonds. The van der Waals surface area contributed by atoms with E-state index in [4.69, 9.17) is 15.5 Å². The summed E-state index contributed by atoms with van der Waals surface area (Å²) in [4.78, 5) is 22.1. The first-order chi connectivity index (χ1) is 19.5. The average molecular weight is 576 g/mol. The van der Waals surface area contributed by atoms with Crippen molar-refractivity contribution in [1.82, 2.24) is 19.4 Å². The summed E-state index contributed by atoms with van der Waals surface area (Å²) in [6.07, 6.45) is 1.75. The van der Waals surface area contributed by atoms with E-state index in [2.05, 4.69) is 0 Å². The Balaban J connectivity index is 1.87. The summed E-state index contributed by atoms with van der Waals surface area (Å²) in [5, 5.41) is 0. The fourth-order valence-corrected chi connectivity index (χ4v) is 5.08. The molecule has 11 heteroatoms. The highest BCUT2D eigenvalue weighted by Gasteiger charge is 2.40. The lowest BCUT2D eigenvalue weighted by Crippen LogP contribution is -2.52. The third-order valence-electron chi connectivity index (χ3n) is 7.11. The van der Waals surface area contributed by atoms with E-state index in [-0.39, 0.29) is 30.3 Å². The van der Waals surface area contributed by atoms with Crippen molar-refractivity contribution in [3.8, 4) is 11.3 Å². The lowest BCUT2D eigenvalue weighted by atomic mass is 9.84. The number of hydrogen-bond donors (Lipinski definition) is 1. The van der Waals surface area contributed by atoms with Gasteiger partial charge in [0.2, 0.25) is 0 Å². The van der Waals surface area contributed by atoms with Crippen molar-refractivity contribution in [3.05, 3.63) is 77.5 Å². The number of rotatable bonds is 9. The van der Waals surface area contributed by atoms with E-state index in [1.807, 2.05) is 51.1 Å². The van der Waals surface area contributed by atoms with Gasteiger partial charge in [0.1, 0.15) is 18.3 Å². The number of halogens is 4. The maximum atomic E-state index is 14.9. The van der Waals surface area contributed by atoms with Crippen LogP contribution in [0.15, 0.2) is 48.7 Å². The molecule has 2 N–H and O–H groups in total. The molecule has 0 spiro atoms. The smallest absolute Gasteiger partial charge is 0.320 e. The van der Waals surface area contributed by atoms with Gasteiger partial charge in [-0.3, -0.25) is 0 Å². The first-order valence-corrected chi connectivity index (χ1v) is 13.7. The molecule has 2 heterocycles. The maximum absolute atomic E-state index is 14.9. The molecular formula is C30H37F4N5O2. The lowest BCUT2D eigenvalue weighted by Gasteiger charge is -2.43. The predicted octanol–water partition coefficient (Wildman–Crippen LogP) is 5.54. The Morgan fingerprint density at radius 1 is 1.12 bits per heavy atom. The van der Waals surface area contributed by atoms with Crippen molar-refractivity contribution in [2.75, 3.05) is 39.5 Å². The average Bonchev–Trinajstić information content (AvgIpc) is 3.34. The molecule has 41 heavy (non-hydrogen) atoms. The second kappa shape index (κ2) is 13.0. The molecule has 3 aromatic rings. The lowest BCUT2D eigenvalue weighted by molar-refractivity contribution is 0.0277.